The van der Waals surface area contributed by atoms with Crippen molar-refractivity contribution in [3.8, 4) is 0 Å². The molecule has 2 saturated heterocycles. The van der Waals surface area contributed by atoms with Gasteiger partial charge in [-0.3, -0.25) is 19.6 Å². The number of hydrogen-bond donors (Lipinski definition) is 2. The van der Waals surface area contributed by atoms with E-state index in [1.807, 2.05) is 21.0 Å². The zero-order valence-corrected chi connectivity index (χ0v) is 24.0. The number of pyridine rings is 1. The third kappa shape index (κ3) is 5.60. The first-order valence-electron chi connectivity index (χ1n) is 13.3. The minimum Gasteiger partial charge on any atom is -0.368 e. The average Bonchev–Trinajstić information content (AvgIpc) is 3.22. The van der Waals surface area contributed by atoms with Gasteiger partial charge in [0.1, 0.15) is 0 Å². The minimum atomic E-state index is -0.724. The van der Waals surface area contributed by atoms with Crippen molar-refractivity contribution in [3.05, 3.63) is 46.2 Å². The van der Waals surface area contributed by atoms with Crippen LogP contribution in [-0.4, -0.2) is 114 Å². The van der Waals surface area contributed by atoms with Crippen LogP contribution < -0.4 is 15.5 Å². The van der Waals surface area contributed by atoms with E-state index in [2.05, 4.69) is 42.5 Å². The molecule has 2 aliphatic heterocycles. The maximum Gasteiger partial charge on any atom is 0.326 e. The summed E-state index contributed by atoms with van der Waals surface area (Å²) in [7, 11) is 5.89. The molecule has 2 aromatic heterocycles. The standard InChI is InChI=1S/C27H34ClN9O3/c1-17-22-23(36-11-7-33(2)8-12-36)20(16-29-24(22)35(4)32-17)25(38)31-27(40)30-18-5-6-21(28)19(15-18)26(39)37-13-9-34(3)10-14-37/h5-6,15-16H,7-14H2,1-4H3,(H2,30,31,38,40). The number of imide groups is 1. The van der Waals surface area contributed by atoms with Crippen molar-refractivity contribution in [1.29, 1.82) is 0 Å². The molecule has 0 radical (unpaired) electrons. The van der Waals surface area contributed by atoms with Crippen molar-refractivity contribution in [2.24, 2.45) is 7.05 Å². The van der Waals surface area contributed by atoms with Crippen LogP contribution in [0.1, 0.15) is 26.4 Å². The molecule has 2 N–H and O–H groups in total. The second-order valence-corrected chi connectivity index (χ2v) is 10.8. The van der Waals surface area contributed by atoms with E-state index in [9.17, 15) is 14.4 Å². The Morgan fingerprint density at radius 3 is 2.23 bits per heavy atom. The van der Waals surface area contributed by atoms with E-state index < -0.39 is 11.9 Å². The molecule has 2 aliphatic rings. The van der Waals surface area contributed by atoms with E-state index >= 15 is 0 Å². The fraction of sp³-hybridized carbons (Fsp3) is 0.444. The normalized spacial score (nSPS) is 16.8. The predicted octanol–water partition coefficient (Wildman–Crippen LogP) is 2.03. The van der Waals surface area contributed by atoms with Crippen LogP contribution in [0.3, 0.4) is 0 Å². The number of hydrogen-bond acceptors (Lipinski definition) is 8. The number of carbonyl (C=O) groups is 3. The van der Waals surface area contributed by atoms with Crippen LogP contribution in [0.4, 0.5) is 16.2 Å². The third-order valence-electron chi connectivity index (χ3n) is 7.54. The highest BCUT2D eigenvalue weighted by Gasteiger charge is 2.27. The lowest BCUT2D eigenvalue weighted by Crippen LogP contribution is -2.47. The number of fused-ring (bicyclic) bond motifs is 1. The van der Waals surface area contributed by atoms with Crippen LogP contribution in [-0.2, 0) is 7.05 Å². The molecule has 0 atom stereocenters. The number of piperazine rings is 2. The molecular formula is C27H34ClN9O3. The molecule has 4 amide bonds. The van der Waals surface area contributed by atoms with Crippen LogP contribution >= 0.6 is 11.6 Å². The van der Waals surface area contributed by atoms with Crippen molar-refractivity contribution in [2.45, 2.75) is 6.92 Å². The second-order valence-electron chi connectivity index (χ2n) is 10.4. The summed E-state index contributed by atoms with van der Waals surface area (Å²) in [6.07, 6.45) is 1.49. The molecule has 0 saturated carbocycles. The fourth-order valence-electron chi connectivity index (χ4n) is 5.20. The first-order valence-corrected chi connectivity index (χ1v) is 13.7. The number of anilines is 2. The summed E-state index contributed by atoms with van der Waals surface area (Å²) < 4.78 is 1.69. The zero-order chi connectivity index (χ0) is 28.6. The van der Waals surface area contributed by atoms with Gasteiger partial charge in [-0.2, -0.15) is 5.10 Å². The first-order chi connectivity index (χ1) is 19.1. The van der Waals surface area contributed by atoms with Crippen molar-refractivity contribution in [3.63, 3.8) is 0 Å². The highest BCUT2D eigenvalue weighted by molar-refractivity contribution is 6.34. The first kappa shape index (κ1) is 27.8. The van der Waals surface area contributed by atoms with Crippen molar-refractivity contribution in [1.82, 2.24) is 34.8 Å². The van der Waals surface area contributed by atoms with E-state index in [4.69, 9.17) is 11.6 Å². The van der Waals surface area contributed by atoms with E-state index in [0.717, 1.165) is 56.0 Å². The summed E-state index contributed by atoms with van der Waals surface area (Å²) in [4.78, 5) is 52.2. The number of nitrogens with one attached hydrogen (secondary N) is 2. The lowest BCUT2D eigenvalue weighted by Gasteiger charge is -2.35. The fourth-order valence-corrected chi connectivity index (χ4v) is 5.40. The molecule has 0 bridgehead atoms. The monoisotopic (exact) mass is 567 g/mol. The van der Waals surface area contributed by atoms with Gasteiger partial charge in [-0.1, -0.05) is 11.6 Å². The highest BCUT2D eigenvalue weighted by atomic mass is 35.5. The SMILES string of the molecule is Cc1nn(C)c2ncc(C(=O)NC(=O)Nc3ccc(Cl)c(C(=O)N4CCN(C)CC4)c3)c(N3CCN(C)CC3)c12. The minimum absolute atomic E-state index is 0.193. The van der Waals surface area contributed by atoms with Crippen LogP contribution in [0, 0.1) is 6.92 Å². The van der Waals surface area contributed by atoms with Gasteiger partial charge in [0.15, 0.2) is 5.65 Å². The van der Waals surface area contributed by atoms with Crippen LogP contribution in [0.15, 0.2) is 24.4 Å². The summed E-state index contributed by atoms with van der Waals surface area (Å²) in [5, 5.41) is 10.7. The molecule has 0 aliphatic carbocycles. The van der Waals surface area contributed by atoms with Gasteiger partial charge in [0, 0.05) is 71.3 Å². The summed E-state index contributed by atoms with van der Waals surface area (Å²) in [5.74, 6) is -0.770. The lowest BCUT2D eigenvalue weighted by molar-refractivity contribution is 0.0664. The predicted molar refractivity (Wildman–Crippen MR) is 154 cm³/mol. The van der Waals surface area contributed by atoms with Gasteiger partial charge in [0.2, 0.25) is 0 Å². The second kappa shape index (κ2) is 11.4. The molecule has 212 valence electrons. The van der Waals surface area contributed by atoms with Gasteiger partial charge in [-0.15, -0.1) is 0 Å². The number of urea groups is 1. The number of nitrogens with zero attached hydrogens (tertiary/aromatic N) is 7. The number of amides is 4. The summed E-state index contributed by atoms with van der Waals surface area (Å²) >= 11 is 6.34. The van der Waals surface area contributed by atoms with Gasteiger partial charge in [-0.05, 0) is 39.2 Å². The van der Waals surface area contributed by atoms with Crippen molar-refractivity contribution < 1.29 is 14.4 Å². The number of carbonyl (C=O) groups excluding carboxylic acids is 3. The smallest absolute Gasteiger partial charge is 0.326 e. The van der Waals surface area contributed by atoms with E-state index in [-0.39, 0.29) is 5.91 Å². The summed E-state index contributed by atoms with van der Waals surface area (Å²) in [6.45, 7) is 7.79. The number of aromatic nitrogens is 3. The van der Waals surface area contributed by atoms with Crippen LogP contribution in [0.25, 0.3) is 11.0 Å². The molecule has 5 rings (SSSR count). The Kier molecular flexibility index (Phi) is 7.92. The molecule has 4 heterocycles. The molecule has 0 spiro atoms. The number of likely N-dealkylation sites (N-methyl/N-ethyl adjacent to an activating group) is 2. The average molecular weight is 568 g/mol. The molecule has 40 heavy (non-hydrogen) atoms. The van der Waals surface area contributed by atoms with Gasteiger partial charge < -0.3 is 24.9 Å². The Bertz CT molecular complexity index is 1460. The molecule has 13 heteroatoms. The number of halogens is 1. The molecule has 0 unspecified atom stereocenters. The number of rotatable bonds is 4. The van der Waals surface area contributed by atoms with Crippen molar-refractivity contribution >= 4 is 51.9 Å². The molecular weight excluding hydrogens is 534 g/mol. The molecule has 12 nitrogen and oxygen atoms in total. The Morgan fingerprint density at radius 1 is 0.900 bits per heavy atom. The molecule has 3 aromatic rings. The quantitative estimate of drug-likeness (QED) is 0.492. The summed E-state index contributed by atoms with van der Waals surface area (Å²) in [6, 6.07) is 3.97. The third-order valence-corrected chi connectivity index (χ3v) is 7.87. The largest absolute Gasteiger partial charge is 0.368 e. The van der Waals surface area contributed by atoms with E-state index in [0.29, 0.717) is 40.6 Å². The van der Waals surface area contributed by atoms with E-state index in [1.165, 1.54) is 12.3 Å². The Labute approximate surface area is 237 Å². The molecule has 2 fully saturated rings. The van der Waals surface area contributed by atoms with Crippen molar-refractivity contribution in [2.75, 3.05) is 76.7 Å². The Balaban J connectivity index is 1.35. The van der Waals surface area contributed by atoms with Gasteiger partial charge >= 0.3 is 6.03 Å². The van der Waals surface area contributed by atoms with Crippen LogP contribution in [0.2, 0.25) is 5.02 Å². The van der Waals surface area contributed by atoms with Gasteiger partial charge in [0.25, 0.3) is 11.8 Å². The Hall–Kier alpha value is -3.74. The number of benzene rings is 1. The summed E-state index contributed by atoms with van der Waals surface area (Å²) in [5.41, 5.74) is 3.10. The maximum absolute atomic E-state index is 13.4. The highest BCUT2D eigenvalue weighted by Crippen LogP contribution is 2.32. The Morgan fingerprint density at radius 2 is 1.55 bits per heavy atom. The van der Waals surface area contributed by atoms with Gasteiger partial charge in [0.05, 0.1) is 32.9 Å². The lowest BCUT2D eigenvalue weighted by atomic mass is 10.1. The van der Waals surface area contributed by atoms with Crippen LogP contribution in [0.5, 0.6) is 0 Å². The van der Waals surface area contributed by atoms with Gasteiger partial charge in [-0.25, -0.2) is 9.78 Å². The maximum atomic E-state index is 13.4. The molecule has 1 aromatic carbocycles. The van der Waals surface area contributed by atoms with E-state index in [1.54, 1.807) is 21.7 Å². The topological polar surface area (TPSA) is 119 Å². The zero-order valence-electron chi connectivity index (χ0n) is 23.2. The number of aryl methyl sites for hydroxylation is 2.